The summed E-state index contributed by atoms with van der Waals surface area (Å²) in [7, 11) is 0. The summed E-state index contributed by atoms with van der Waals surface area (Å²) in [6.07, 6.45) is 6.37. The Morgan fingerprint density at radius 3 is 2.60 bits per heavy atom. The average Bonchev–Trinajstić information content (AvgIpc) is 3.06. The Morgan fingerprint density at radius 2 is 1.92 bits per heavy atom. The Hall–Kier alpha value is -1.58. The minimum absolute atomic E-state index is 0.0204. The molecule has 3 fully saturated rings. The van der Waals surface area contributed by atoms with Crippen molar-refractivity contribution in [3.63, 3.8) is 0 Å². The van der Waals surface area contributed by atoms with Gasteiger partial charge in [-0.3, -0.25) is 9.59 Å². The van der Waals surface area contributed by atoms with Gasteiger partial charge in [0.15, 0.2) is 0 Å². The second kappa shape index (κ2) is 5.46. The van der Waals surface area contributed by atoms with Gasteiger partial charge in [0.05, 0.1) is 18.4 Å². The van der Waals surface area contributed by atoms with Crippen molar-refractivity contribution in [2.45, 2.75) is 59.5 Å². The van der Waals surface area contributed by atoms with Crippen LogP contribution in [0.3, 0.4) is 0 Å². The van der Waals surface area contributed by atoms with E-state index in [1.54, 1.807) is 12.5 Å². The molecule has 7 atom stereocenters. The van der Waals surface area contributed by atoms with Crippen LogP contribution in [-0.2, 0) is 14.3 Å². The molecule has 3 aliphatic rings. The van der Waals surface area contributed by atoms with Crippen LogP contribution < -0.4 is 0 Å². The summed E-state index contributed by atoms with van der Waals surface area (Å²) in [5.74, 6) is 0.548. The summed E-state index contributed by atoms with van der Waals surface area (Å²) in [6.45, 7) is 8.78. The zero-order valence-corrected chi connectivity index (χ0v) is 15.6. The number of ketones is 1. The predicted octanol–water partition coefficient (Wildman–Crippen LogP) is 4.55. The number of Topliss-reactive ketones (excluding diaryl/α,β-unsaturated/α-hetero) is 1. The van der Waals surface area contributed by atoms with Crippen LogP contribution in [0.4, 0.5) is 0 Å². The van der Waals surface area contributed by atoms with E-state index in [1.807, 2.05) is 6.07 Å². The molecule has 0 radical (unpaired) electrons. The van der Waals surface area contributed by atoms with Gasteiger partial charge in [-0.2, -0.15) is 0 Å². The molecular formula is C21H28O4. The summed E-state index contributed by atoms with van der Waals surface area (Å²) in [5.41, 5.74) is 0.530. The molecule has 4 heteroatoms. The number of cyclic esters (lactones) is 1. The maximum Gasteiger partial charge on any atom is 0.310 e. The van der Waals surface area contributed by atoms with Crippen molar-refractivity contribution in [3.05, 3.63) is 24.2 Å². The molecule has 0 aromatic carbocycles. The molecule has 1 aromatic heterocycles. The van der Waals surface area contributed by atoms with Crippen molar-refractivity contribution in [2.75, 3.05) is 0 Å². The van der Waals surface area contributed by atoms with E-state index in [0.29, 0.717) is 18.1 Å². The van der Waals surface area contributed by atoms with Crippen molar-refractivity contribution in [1.82, 2.24) is 0 Å². The standard InChI is InChI=1S/C21H28O4/c1-12-9-13(2)20(3)7-5-15-19(23)25-16(14-6-8-24-11-14)10-21(15,4)18(20)17(12)22/h6,8,11-13,15-16,18H,5,7,9-10H2,1-4H3/t12?,13-,15-,16+,18?,20+,21+/m1/s1. The number of rotatable bonds is 1. The summed E-state index contributed by atoms with van der Waals surface area (Å²) in [6, 6.07) is 1.86. The normalized spacial score (nSPS) is 47.0. The van der Waals surface area contributed by atoms with E-state index in [0.717, 1.165) is 24.8 Å². The van der Waals surface area contributed by atoms with Gasteiger partial charge in [-0.05, 0) is 48.5 Å². The zero-order valence-electron chi connectivity index (χ0n) is 15.6. The molecule has 2 heterocycles. The maximum atomic E-state index is 13.3. The number of furan rings is 1. The highest BCUT2D eigenvalue weighted by atomic mass is 16.5. The smallest absolute Gasteiger partial charge is 0.310 e. The fourth-order valence-corrected chi connectivity index (χ4v) is 6.22. The molecule has 0 bridgehead atoms. The summed E-state index contributed by atoms with van der Waals surface area (Å²) in [4.78, 5) is 26.1. The summed E-state index contributed by atoms with van der Waals surface area (Å²) in [5, 5.41) is 0. The number of carbonyl (C=O) groups excluding carboxylic acids is 2. The number of ether oxygens (including phenoxy) is 1. The average molecular weight is 344 g/mol. The van der Waals surface area contributed by atoms with Gasteiger partial charge in [0.2, 0.25) is 0 Å². The molecule has 1 aromatic rings. The lowest BCUT2D eigenvalue weighted by Crippen LogP contribution is -2.61. The Balaban J connectivity index is 1.78. The second-order valence-corrected chi connectivity index (χ2v) is 9.16. The zero-order chi connectivity index (χ0) is 18.0. The molecule has 4 rings (SSSR count). The predicted molar refractivity (Wildman–Crippen MR) is 92.5 cm³/mol. The number of esters is 1. The first-order valence-corrected chi connectivity index (χ1v) is 9.53. The van der Waals surface area contributed by atoms with Crippen LogP contribution in [0.2, 0.25) is 0 Å². The number of hydrogen-bond acceptors (Lipinski definition) is 4. The van der Waals surface area contributed by atoms with Gasteiger partial charge in [0.1, 0.15) is 11.9 Å². The highest BCUT2D eigenvalue weighted by Gasteiger charge is 2.64. The summed E-state index contributed by atoms with van der Waals surface area (Å²) >= 11 is 0. The Bertz CT molecular complexity index is 693. The third-order valence-electron chi connectivity index (χ3n) is 7.77. The van der Waals surface area contributed by atoms with E-state index in [4.69, 9.17) is 9.15 Å². The first-order chi connectivity index (χ1) is 11.8. The topological polar surface area (TPSA) is 56.5 Å². The Kier molecular flexibility index (Phi) is 3.68. The molecule has 2 aliphatic carbocycles. The van der Waals surface area contributed by atoms with Crippen molar-refractivity contribution < 1.29 is 18.7 Å². The van der Waals surface area contributed by atoms with Crippen molar-refractivity contribution in [1.29, 1.82) is 0 Å². The largest absolute Gasteiger partial charge is 0.472 e. The van der Waals surface area contributed by atoms with Crippen molar-refractivity contribution in [3.8, 4) is 0 Å². The molecule has 25 heavy (non-hydrogen) atoms. The van der Waals surface area contributed by atoms with Crippen molar-refractivity contribution >= 4 is 11.8 Å². The Morgan fingerprint density at radius 1 is 1.16 bits per heavy atom. The molecular weight excluding hydrogens is 316 g/mol. The molecule has 2 saturated carbocycles. The highest BCUT2D eigenvalue weighted by molar-refractivity contribution is 5.87. The second-order valence-electron chi connectivity index (χ2n) is 9.16. The molecule has 4 nitrogen and oxygen atoms in total. The SMILES string of the molecule is CC1C[C@@H](C)[C@]2(C)CC[C@@H]3C(=O)O[C@H](c4ccoc4)C[C@]3(C)C2C1=O. The number of hydrogen-bond donors (Lipinski definition) is 0. The highest BCUT2D eigenvalue weighted by Crippen LogP contribution is 2.65. The van der Waals surface area contributed by atoms with Crippen LogP contribution >= 0.6 is 0 Å². The fourth-order valence-electron chi connectivity index (χ4n) is 6.22. The molecule has 0 amide bonds. The lowest BCUT2D eigenvalue weighted by molar-refractivity contribution is -0.201. The first kappa shape index (κ1) is 16.9. The molecule has 1 aliphatic heterocycles. The third kappa shape index (κ3) is 2.25. The van der Waals surface area contributed by atoms with Gasteiger partial charge in [0, 0.05) is 17.4 Å². The monoisotopic (exact) mass is 344 g/mol. The van der Waals surface area contributed by atoms with E-state index in [2.05, 4.69) is 27.7 Å². The van der Waals surface area contributed by atoms with Gasteiger partial charge in [-0.25, -0.2) is 0 Å². The molecule has 0 spiro atoms. The molecule has 1 saturated heterocycles. The van der Waals surface area contributed by atoms with E-state index < -0.39 is 0 Å². The number of fused-ring (bicyclic) bond motifs is 3. The molecule has 136 valence electrons. The van der Waals surface area contributed by atoms with Crippen LogP contribution in [0, 0.1) is 34.5 Å². The van der Waals surface area contributed by atoms with Crippen molar-refractivity contribution in [2.24, 2.45) is 34.5 Å². The van der Waals surface area contributed by atoms with E-state index in [1.165, 1.54) is 0 Å². The summed E-state index contributed by atoms with van der Waals surface area (Å²) < 4.78 is 11.0. The maximum absolute atomic E-state index is 13.3. The lowest BCUT2D eigenvalue weighted by atomic mass is 9.42. The van der Waals surface area contributed by atoms with Crippen LogP contribution in [-0.4, -0.2) is 11.8 Å². The van der Waals surface area contributed by atoms with E-state index in [-0.39, 0.29) is 40.7 Å². The van der Waals surface area contributed by atoms with Gasteiger partial charge in [-0.1, -0.05) is 27.7 Å². The fraction of sp³-hybridized carbons (Fsp3) is 0.714. The number of carbonyl (C=O) groups is 2. The third-order valence-corrected chi connectivity index (χ3v) is 7.77. The van der Waals surface area contributed by atoms with Crippen LogP contribution in [0.25, 0.3) is 0 Å². The Labute approximate surface area is 149 Å². The molecule has 0 N–H and O–H groups in total. The minimum Gasteiger partial charge on any atom is -0.472 e. The van der Waals surface area contributed by atoms with Crippen LogP contribution in [0.1, 0.15) is 65.0 Å². The first-order valence-electron chi connectivity index (χ1n) is 9.53. The minimum atomic E-state index is -0.343. The van der Waals surface area contributed by atoms with Crippen LogP contribution in [0.5, 0.6) is 0 Å². The van der Waals surface area contributed by atoms with Gasteiger partial charge in [-0.15, -0.1) is 0 Å². The van der Waals surface area contributed by atoms with E-state index in [9.17, 15) is 9.59 Å². The molecule has 2 unspecified atom stereocenters. The van der Waals surface area contributed by atoms with Gasteiger partial charge < -0.3 is 9.15 Å². The van der Waals surface area contributed by atoms with Gasteiger partial charge in [0.25, 0.3) is 0 Å². The van der Waals surface area contributed by atoms with Crippen LogP contribution in [0.15, 0.2) is 23.0 Å². The van der Waals surface area contributed by atoms with E-state index >= 15 is 0 Å². The van der Waals surface area contributed by atoms with Gasteiger partial charge >= 0.3 is 5.97 Å². The quantitative estimate of drug-likeness (QED) is 0.701. The lowest BCUT2D eigenvalue weighted by Gasteiger charge is -2.61.